The van der Waals surface area contributed by atoms with E-state index in [0.29, 0.717) is 17.7 Å². The smallest absolute Gasteiger partial charge is 0.225 e. The number of amides is 1. The molecule has 0 radical (unpaired) electrons. The summed E-state index contributed by atoms with van der Waals surface area (Å²) in [4.78, 5) is 25.8. The Morgan fingerprint density at radius 1 is 1.19 bits per heavy atom. The first-order valence-electron chi connectivity index (χ1n) is 7.12. The molecule has 0 unspecified atom stereocenters. The van der Waals surface area contributed by atoms with Crippen molar-refractivity contribution < 1.29 is 9.59 Å². The molecule has 0 spiro atoms. The fraction of sp³-hybridized carbons (Fsp3) is 0.500. The van der Waals surface area contributed by atoms with Crippen LogP contribution in [0.4, 0.5) is 5.69 Å². The van der Waals surface area contributed by atoms with Crippen molar-refractivity contribution in [3.63, 3.8) is 0 Å². The number of para-hydroxylation sites is 1. The molecule has 0 aliphatic carbocycles. The fourth-order valence-electron chi connectivity index (χ4n) is 2.13. The van der Waals surface area contributed by atoms with Gasteiger partial charge in [-0.15, -0.1) is 12.4 Å². The number of carbonyl (C=O) groups excluding carboxylic acids is 2. The molecule has 0 atom stereocenters. The number of anilines is 1. The van der Waals surface area contributed by atoms with Gasteiger partial charge in [-0.25, -0.2) is 0 Å². The Labute approximate surface area is 133 Å². The summed E-state index contributed by atoms with van der Waals surface area (Å²) in [5.41, 5.74) is 2.12. The molecule has 21 heavy (non-hydrogen) atoms. The van der Waals surface area contributed by atoms with Gasteiger partial charge in [0.1, 0.15) is 0 Å². The number of carbonyl (C=O) groups is 2. The molecule has 0 aliphatic heterocycles. The molecule has 4 nitrogen and oxygen atoms in total. The van der Waals surface area contributed by atoms with Crippen molar-refractivity contribution in [1.82, 2.24) is 4.90 Å². The summed E-state index contributed by atoms with van der Waals surface area (Å²) < 4.78 is 0. The average Bonchev–Trinajstić information content (AvgIpc) is 2.42. The molecule has 118 valence electrons. The van der Waals surface area contributed by atoms with Crippen LogP contribution in [0.1, 0.15) is 43.1 Å². The minimum atomic E-state index is -0.0475. The Morgan fingerprint density at radius 3 is 2.33 bits per heavy atom. The number of rotatable bonds is 7. The van der Waals surface area contributed by atoms with E-state index in [9.17, 15) is 9.59 Å². The zero-order valence-electron chi connectivity index (χ0n) is 13.2. The second-order valence-electron chi connectivity index (χ2n) is 4.88. The molecular weight excluding hydrogens is 288 g/mol. The minimum Gasteiger partial charge on any atom is -0.325 e. The van der Waals surface area contributed by atoms with Gasteiger partial charge in [-0.05, 0) is 38.6 Å². The number of hydrogen-bond acceptors (Lipinski definition) is 3. The molecule has 0 saturated carbocycles. The van der Waals surface area contributed by atoms with Gasteiger partial charge < -0.3 is 10.2 Å². The molecule has 5 heteroatoms. The van der Waals surface area contributed by atoms with E-state index < -0.39 is 0 Å². The maximum atomic E-state index is 12.0. The Hall–Kier alpha value is -1.39. The highest BCUT2D eigenvalue weighted by molar-refractivity contribution is 6.04. The summed E-state index contributed by atoms with van der Waals surface area (Å²) in [6.07, 6.45) is 0.438. The van der Waals surface area contributed by atoms with Crippen LogP contribution in [0.5, 0.6) is 0 Å². The molecule has 0 fully saturated rings. The number of halogens is 1. The summed E-state index contributed by atoms with van der Waals surface area (Å²) in [6, 6.07) is 5.47. The second-order valence-corrected chi connectivity index (χ2v) is 4.88. The van der Waals surface area contributed by atoms with E-state index in [1.807, 2.05) is 19.1 Å². The predicted molar refractivity (Wildman–Crippen MR) is 89.5 cm³/mol. The van der Waals surface area contributed by atoms with Crippen LogP contribution in [-0.2, 0) is 4.79 Å². The van der Waals surface area contributed by atoms with E-state index in [1.165, 1.54) is 6.92 Å². The molecule has 1 rings (SSSR count). The third-order valence-corrected chi connectivity index (χ3v) is 3.47. The summed E-state index contributed by atoms with van der Waals surface area (Å²) >= 11 is 0. The number of aryl methyl sites for hydroxylation is 1. The first-order valence-corrected chi connectivity index (χ1v) is 7.12. The number of nitrogens with zero attached hydrogens (tertiary/aromatic N) is 1. The van der Waals surface area contributed by atoms with E-state index in [1.54, 1.807) is 6.07 Å². The highest BCUT2D eigenvalue weighted by Crippen LogP contribution is 2.21. The van der Waals surface area contributed by atoms with Crippen molar-refractivity contribution in [1.29, 1.82) is 0 Å². The highest BCUT2D eigenvalue weighted by Gasteiger charge is 2.13. The first-order chi connectivity index (χ1) is 9.49. The van der Waals surface area contributed by atoms with Gasteiger partial charge in [-0.2, -0.15) is 0 Å². The zero-order valence-corrected chi connectivity index (χ0v) is 14.0. The van der Waals surface area contributed by atoms with Crippen LogP contribution in [0.15, 0.2) is 18.2 Å². The van der Waals surface area contributed by atoms with Crippen molar-refractivity contribution in [2.75, 3.05) is 25.0 Å². The summed E-state index contributed by atoms with van der Waals surface area (Å²) in [7, 11) is 0. The van der Waals surface area contributed by atoms with Crippen molar-refractivity contribution in [2.24, 2.45) is 0 Å². The number of Topliss-reactive ketones (excluding diaryl/α,β-unsaturated/α-hetero) is 1. The van der Waals surface area contributed by atoms with Crippen LogP contribution in [0.2, 0.25) is 0 Å². The van der Waals surface area contributed by atoms with Gasteiger partial charge in [0.25, 0.3) is 0 Å². The SMILES string of the molecule is CCN(CC)CCC(=O)Nc1c(C)cccc1C(C)=O.Cl. The maximum Gasteiger partial charge on any atom is 0.225 e. The molecule has 0 heterocycles. The molecule has 0 saturated heterocycles. The van der Waals surface area contributed by atoms with Crippen molar-refractivity contribution in [3.8, 4) is 0 Å². The highest BCUT2D eigenvalue weighted by atomic mass is 35.5. The Morgan fingerprint density at radius 2 is 1.81 bits per heavy atom. The van der Waals surface area contributed by atoms with Gasteiger partial charge in [-0.3, -0.25) is 9.59 Å². The van der Waals surface area contributed by atoms with E-state index in [-0.39, 0.29) is 24.1 Å². The van der Waals surface area contributed by atoms with E-state index in [4.69, 9.17) is 0 Å². The molecule has 1 aromatic rings. The van der Waals surface area contributed by atoms with Gasteiger partial charge in [0.2, 0.25) is 5.91 Å². The largest absolute Gasteiger partial charge is 0.325 e. The van der Waals surface area contributed by atoms with Crippen LogP contribution in [-0.4, -0.2) is 36.2 Å². The lowest BCUT2D eigenvalue weighted by Gasteiger charge is -2.18. The number of nitrogens with one attached hydrogen (secondary N) is 1. The van der Waals surface area contributed by atoms with E-state index in [0.717, 1.165) is 25.2 Å². The lowest BCUT2D eigenvalue weighted by molar-refractivity contribution is -0.116. The third kappa shape index (κ3) is 5.86. The molecule has 0 bridgehead atoms. The van der Waals surface area contributed by atoms with E-state index >= 15 is 0 Å². The molecule has 1 amide bonds. The van der Waals surface area contributed by atoms with E-state index in [2.05, 4.69) is 24.1 Å². The summed E-state index contributed by atoms with van der Waals surface area (Å²) in [5, 5.41) is 2.88. The van der Waals surface area contributed by atoms with Crippen LogP contribution in [0.3, 0.4) is 0 Å². The fourth-order valence-corrected chi connectivity index (χ4v) is 2.13. The second kappa shape index (κ2) is 9.53. The number of hydrogen-bond donors (Lipinski definition) is 1. The topological polar surface area (TPSA) is 49.4 Å². The molecule has 0 aromatic heterocycles. The van der Waals surface area contributed by atoms with Crippen molar-refractivity contribution >= 4 is 29.8 Å². The Bertz CT molecular complexity index is 485. The predicted octanol–water partition coefficient (Wildman–Crippen LogP) is 3.29. The summed E-state index contributed by atoms with van der Waals surface area (Å²) in [5.74, 6) is -0.0820. The lowest BCUT2D eigenvalue weighted by atomic mass is 10.0. The normalized spacial score (nSPS) is 10.1. The summed E-state index contributed by atoms with van der Waals surface area (Å²) in [6.45, 7) is 10.2. The van der Waals surface area contributed by atoms with Crippen LogP contribution < -0.4 is 5.32 Å². The molecule has 1 N–H and O–H groups in total. The Balaban J connectivity index is 0.00000400. The maximum absolute atomic E-state index is 12.0. The zero-order chi connectivity index (χ0) is 15.1. The molecule has 0 aliphatic rings. The van der Waals surface area contributed by atoms with Gasteiger partial charge in [0, 0.05) is 18.5 Å². The van der Waals surface area contributed by atoms with Crippen molar-refractivity contribution in [3.05, 3.63) is 29.3 Å². The molecule has 1 aromatic carbocycles. The number of ketones is 1. The van der Waals surface area contributed by atoms with Crippen LogP contribution in [0.25, 0.3) is 0 Å². The third-order valence-electron chi connectivity index (χ3n) is 3.47. The quantitative estimate of drug-likeness (QED) is 0.786. The average molecular weight is 313 g/mol. The Kier molecular flexibility index (Phi) is 8.90. The standard InChI is InChI=1S/C16H24N2O2.ClH/c1-5-18(6-2)11-10-15(20)17-16-12(3)8-7-9-14(16)13(4)19;/h7-9H,5-6,10-11H2,1-4H3,(H,17,20);1H. The van der Waals surface area contributed by atoms with Crippen LogP contribution >= 0.6 is 12.4 Å². The van der Waals surface area contributed by atoms with Crippen LogP contribution in [0, 0.1) is 6.92 Å². The monoisotopic (exact) mass is 312 g/mol. The lowest BCUT2D eigenvalue weighted by Crippen LogP contribution is -2.27. The van der Waals surface area contributed by atoms with Gasteiger partial charge in [0.05, 0.1) is 5.69 Å². The minimum absolute atomic E-state index is 0. The van der Waals surface area contributed by atoms with Gasteiger partial charge in [-0.1, -0.05) is 26.0 Å². The number of benzene rings is 1. The van der Waals surface area contributed by atoms with Gasteiger partial charge >= 0.3 is 0 Å². The van der Waals surface area contributed by atoms with Gasteiger partial charge in [0.15, 0.2) is 5.78 Å². The molecular formula is C16H25ClN2O2. The first kappa shape index (κ1) is 19.6. The van der Waals surface area contributed by atoms with Crippen molar-refractivity contribution in [2.45, 2.75) is 34.1 Å².